The fourth-order valence-electron chi connectivity index (χ4n) is 3.08. The van der Waals surface area contributed by atoms with Crippen LogP contribution in [0.4, 0.5) is 5.69 Å². The second-order valence-electron chi connectivity index (χ2n) is 5.76. The average Bonchev–Trinajstić information content (AvgIpc) is 2.80. The van der Waals surface area contributed by atoms with E-state index in [1.165, 1.54) is 4.90 Å². The molecular formula is C17H17ClN2O3. The summed E-state index contributed by atoms with van der Waals surface area (Å²) < 4.78 is 0. The fraction of sp³-hybridized carbons (Fsp3) is 0.353. The lowest BCUT2D eigenvalue weighted by Crippen LogP contribution is -2.34. The van der Waals surface area contributed by atoms with Gasteiger partial charge in [0.1, 0.15) is 0 Å². The molecule has 1 fully saturated rings. The van der Waals surface area contributed by atoms with Crippen LogP contribution in [0.3, 0.4) is 0 Å². The van der Waals surface area contributed by atoms with Crippen LogP contribution >= 0.6 is 11.6 Å². The number of nitrogens with one attached hydrogen (secondary N) is 1. The number of hydrogen-bond acceptors (Lipinski definition) is 3. The monoisotopic (exact) mass is 332 g/mol. The number of fused-ring (bicyclic) bond motifs is 1. The summed E-state index contributed by atoms with van der Waals surface area (Å²) >= 11 is 5.98. The van der Waals surface area contributed by atoms with Gasteiger partial charge in [0.2, 0.25) is 17.7 Å². The molecule has 2 aliphatic rings. The fourth-order valence-corrected chi connectivity index (χ4v) is 3.26. The number of para-hydroxylation sites is 1. The van der Waals surface area contributed by atoms with Crippen molar-refractivity contribution in [1.82, 2.24) is 4.90 Å². The first kappa shape index (κ1) is 15.7. The highest BCUT2D eigenvalue weighted by Crippen LogP contribution is 2.35. The summed E-state index contributed by atoms with van der Waals surface area (Å²) in [5.41, 5.74) is 0.524. The van der Waals surface area contributed by atoms with E-state index in [9.17, 15) is 14.4 Å². The highest BCUT2D eigenvalue weighted by molar-refractivity contribution is 6.33. The van der Waals surface area contributed by atoms with Crippen LogP contribution in [0.15, 0.2) is 36.4 Å². The maximum absolute atomic E-state index is 12.3. The van der Waals surface area contributed by atoms with Gasteiger partial charge < -0.3 is 5.32 Å². The molecule has 1 heterocycles. The summed E-state index contributed by atoms with van der Waals surface area (Å²) in [7, 11) is 0. The van der Waals surface area contributed by atoms with Crippen LogP contribution in [0.25, 0.3) is 0 Å². The molecule has 1 saturated heterocycles. The molecule has 3 amide bonds. The van der Waals surface area contributed by atoms with Gasteiger partial charge in [0.25, 0.3) is 0 Å². The predicted octanol–water partition coefficient (Wildman–Crippen LogP) is 2.62. The smallest absolute Gasteiger partial charge is 0.233 e. The van der Waals surface area contributed by atoms with Crippen molar-refractivity contribution in [2.45, 2.75) is 19.3 Å². The van der Waals surface area contributed by atoms with Crippen molar-refractivity contribution in [3.05, 3.63) is 41.4 Å². The van der Waals surface area contributed by atoms with E-state index in [2.05, 4.69) is 5.32 Å². The summed E-state index contributed by atoms with van der Waals surface area (Å²) in [6.07, 6.45) is 5.17. The Labute approximate surface area is 139 Å². The van der Waals surface area contributed by atoms with Crippen LogP contribution in [-0.4, -0.2) is 29.2 Å². The number of carbonyl (C=O) groups excluding carboxylic acids is 3. The topological polar surface area (TPSA) is 66.5 Å². The van der Waals surface area contributed by atoms with E-state index in [-0.39, 0.29) is 42.5 Å². The van der Waals surface area contributed by atoms with Crippen molar-refractivity contribution in [3.8, 4) is 0 Å². The van der Waals surface area contributed by atoms with Crippen LogP contribution < -0.4 is 5.32 Å². The predicted molar refractivity (Wildman–Crippen MR) is 86.8 cm³/mol. The molecule has 0 aromatic heterocycles. The Kier molecular flexibility index (Phi) is 4.48. The minimum Gasteiger partial charge on any atom is -0.325 e. The number of rotatable bonds is 4. The molecule has 1 aliphatic heterocycles. The van der Waals surface area contributed by atoms with Gasteiger partial charge in [-0.15, -0.1) is 0 Å². The zero-order chi connectivity index (χ0) is 16.4. The van der Waals surface area contributed by atoms with Crippen molar-refractivity contribution in [2.24, 2.45) is 11.8 Å². The first-order chi connectivity index (χ1) is 11.1. The normalized spacial score (nSPS) is 23.1. The number of amides is 3. The van der Waals surface area contributed by atoms with Crippen molar-refractivity contribution in [1.29, 1.82) is 0 Å². The van der Waals surface area contributed by atoms with Gasteiger partial charge in [-0.25, -0.2) is 0 Å². The van der Waals surface area contributed by atoms with Gasteiger partial charge in [-0.05, 0) is 25.0 Å². The first-order valence-electron chi connectivity index (χ1n) is 7.62. The highest BCUT2D eigenvalue weighted by Gasteiger charge is 2.46. The number of nitrogens with zero attached hydrogens (tertiary/aromatic N) is 1. The molecule has 2 atom stereocenters. The maximum Gasteiger partial charge on any atom is 0.233 e. The molecule has 0 saturated carbocycles. The van der Waals surface area contributed by atoms with Crippen LogP contribution in [0.5, 0.6) is 0 Å². The molecule has 0 bridgehead atoms. The molecule has 120 valence electrons. The second kappa shape index (κ2) is 6.54. The largest absolute Gasteiger partial charge is 0.325 e. The Morgan fingerprint density at radius 2 is 1.74 bits per heavy atom. The van der Waals surface area contributed by atoms with E-state index in [1.54, 1.807) is 24.3 Å². The maximum atomic E-state index is 12.3. The van der Waals surface area contributed by atoms with E-state index in [0.717, 1.165) is 0 Å². The first-order valence-corrected chi connectivity index (χ1v) is 8.00. The minimum absolute atomic E-state index is 0.0651. The van der Waals surface area contributed by atoms with Crippen LogP contribution in [0, 0.1) is 11.8 Å². The van der Waals surface area contributed by atoms with Crippen molar-refractivity contribution >= 4 is 35.0 Å². The van der Waals surface area contributed by atoms with Gasteiger partial charge in [0, 0.05) is 13.0 Å². The Balaban J connectivity index is 1.58. The van der Waals surface area contributed by atoms with Crippen molar-refractivity contribution in [2.75, 3.05) is 11.9 Å². The Bertz CT molecular complexity index is 660. The summed E-state index contributed by atoms with van der Waals surface area (Å²) in [5.74, 6) is -1.09. The number of likely N-dealkylation sites (tertiary alicyclic amines) is 1. The number of allylic oxidation sites excluding steroid dienone is 2. The lowest BCUT2D eigenvalue weighted by molar-refractivity contribution is -0.140. The summed E-state index contributed by atoms with van der Waals surface area (Å²) in [6.45, 7) is 0.112. The molecule has 1 aromatic rings. The third kappa shape index (κ3) is 3.15. The molecule has 1 aliphatic carbocycles. The van der Waals surface area contributed by atoms with E-state index in [0.29, 0.717) is 23.6 Å². The molecule has 5 nitrogen and oxygen atoms in total. The van der Waals surface area contributed by atoms with Crippen LogP contribution in [0.1, 0.15) is 19.3 Å². The van der Waals surface area contributed by atoms with Crippen LogP contribution in [0.2, 0.25) is 5.02 Å². The molecule has 1 N–H and O–H groups in total. The number of imide groups is 1. The molecule has 6 heteroatoms. The molecule has 0 spiro atoms. The number of benzene rings is 1. The zero-order valence-electron chi connectivity index (χ0n) is 12.5. The molecule has 0 unspecified atom stereocenters. The van der Waals surface area contributed by atoms with E-state index in [4.69, 9.17) is 11.6 Å². The molecule has 3 rings (SSSR count). The van der Waals surface area contributed by atoms with Gasteiger partial charge in [-0.3, -0.25) is 19.3 Å². The Morgan fingerprint density at radius 1 is 1.13 bits per heavy atom. The van der Waals surface area contributed by atoms with E-state index >= 15 is 0 Å². The molecule has 0 radical (unpaired) electrons. The lowest BCUT2D eigenvalue weighted by Gasteiger charge is -2.14. The van der Waals surface area contributed by atoms with Crippen LogP contribution in [-0.2, 0) is 14.4 Å². The Hall–Kier alpha value is -2.14. The van der Waals surface area contributed by atoms with Gasteiger partial charge in [0.15, 0.2) is 0 Å². The van der Waals surface area contributed by atoms with Gasteiger partial charge in [-0.2, -0.15) is 0 Å². The summed E-state index contributed by atoms with van der Waals surface area (Å²) in [4.78, 5) is 37.8. The van der Waals surface area contributed by atoms with Gasteiger partial charge in [-0.1, -0.05) is 35.9 Å². The van der Waals surface area contributed by atoms with Gasteiger partial charge in [0.05, 0.1) is 22.5 Å². The van der Waals surface area contributed by atoms with E-state index < -0.39 is 0 Å². The quantitative estimate of drug-likeness (QED) is 0.681. The summed E-state index contributed by atoms with van der Waals surface area (Å²) in [6, 6.07) is 6.93. The second-order valence-corrected chi connectivity index (χ2v) is 6.17. The van der Waals surface area contributed by atoms with E-state index in [1.807, 2.05) is 12.2 Å². The molecule has 1 aromatic carbocycles. The van der Waals surface area contributed by atoms with Crippen molar-refractivity contribution in [3.63, 3.8) is 0 Å². The minimum atomic E-state index is -0.272. The SMILES string of the molecule is O=C(CCN1C(=O)[C@H]2CC=CC[C@H]2C1=O)Nc1ccccc1Cl. The molecular weight excluding hydrogens is 316 g/mol. The third-order valence-corrected chi connectivity index (χ3v) is 4.64. The third-order valence-electron chi connectivity index (χ3n) is 4.31. The lowest BCUT2D eigenvalue weighted by atomic mass is 9.85. The molecule has 23 heavy (non-hydrogen) atoms. The number of carbonyl (C=O) groups is 3. The standard InChI is InChI=1S/C17H17ClN2O3/c18-13-7-3-4-8-14(13)19-15(21)9-10-20-16(22)11-5-1-2-6-12(11)17(20)23/h1-4,7-8,11-12H,5-6,9-10H2,(H,19,21)/t11-,12+. The Morgan fingerprint density at radius 3 is 2.35 bits per heavy atom. The number of halogens is 1. The van der Waals surface area contributed by atoms with Crippen molar-refractivity contribution < 1.29 is 14.4 Å². The summed E-state index contributed by atoms with van der Waals surface area (Å²) in [5, 5.41) is 3.14. The highest BCUT2D eigenvalue weighted by atomic mass is 35.5. The average molecular weight is 333 g/mol. The van der Waals surface area contributed by atoms with Gasteiger partial charge >= 0.3 is 0 Å². The number of hydrogen-bond donors (Lipinski definition) is 1. The number of anilines is 1. The zero-order valence-corrected chi connectivity index (χ0v) is 13.3.